The van der Waals surface area contributed by atoms with Gasteiger partial charge in [-0.25, -0.2) is 0 Å². The van der Waals surface area contributed by atoms with E-state index in [1.807, 2.05) is 17.0 Å². The number of anilines is 1. The van der Waals surface area contributed by atoms with Crippen LogP contribution in [0.4, 0.5) is 5.69 Å². The molecule has 5 aliphatic rings. The smallest absolute Gasteiger partial charge is 0.249 e. The van der Waals surface area contributed by atoms with Crippen molar-refractivity contribution >= 4 is 40.2 Å². The number of H-pyrrole nitrogens is 1. The van der Waals surface area contributed by atoms with Crippen molar-refractivity contribution < 1.29 is 9.59 Å². The van der Waals surface area contributed by atoms with Crippen molar-refractivity contribution in [1.29, 1.82) is 0 Å². The van der Waals surface area contributed by atoms with E-state index in [1.165, 1.54) is 5.56 Å². The molecule has 0 unspecified atom stereocenters. The molecule has 0 radical (unpaired) electrons. The van der Waals surface area contributed by atoms with Crippen molar-refractivity contribution in [2.75, 3.05) is 23.9 Å². The molecule has 4 fully saturated rings. The number of nitrogens with zero attached hydrogens (tertiary/aromatic N) is 2. The number of hydrogen-bond donors (Lipinski definition) is 2. The van der Waals surface area contributed by atoms with Crippen LogP contribution >= 0.6 is 11.8 Å². The van der Waals surface area contributed by atoms with Crippen molar-refractivity contribution in [3.8, 4) is 0 Å². The summed E-state index contributed by atoms with van der Waals surface area (Å²) in [6, 6.07) is 16.2. The zero-order valence-corrected chi connectivity index (χ0v) is 17.9. The number of nitrogens with one attached hydrogen (secondary N) is 2. The summed E-state index contributed by atoms with van der Waals surface area (Å²) in [5, 5.41) is 4.82. The lowest BCUT2D eigenvalue weighted by molar-refractivity contribution is -0.164. The van der Waals surface area contributed by atoms with Crippen LogP contribution in [-0.2, 0) is 15.0 Å². The highest BCUT2D eigenvalue weighted by Crippen LogP contribution is 2.61. The molecule has 7 heteroatoms. The van der Waals surface area contributed by atoms with Gasteiger partial charge in [0.2, 0.25) is 11.8 Å². The Bertz CT molecular complexity index is 1290. The first kappa shape index (κ1) is 17.7. The third-order valence-corrected chi connectivity index (χ3v) is 9.09. The zero-order chi connectivity index (χ0) is 21.0. The summed E-state index contributed by atoms with van der Waals surface area (Å²) in [5.41, 5.74) is 3.13. The maximum Gasteiger partial charge on any atom is 0.249 e. The van der Waals surface area contributed by atoms with Crippen molar-refractivity contribution in [3.05, 3.63) is 65.9 Å². The number of likely N-dealkylation sites (N-methyl/N-ethyl adjacent to an activating group) is 1. The fourth-order valence-corrected chi connectivity index (χ4v) is 7.94. The first-order valence-corrected chi connectivity index (χ1v) is 11.8. The predicted molar refractivity (Wildman–Crippen MR) is 121 cm³/mol. The molecule has 156 valence electrons. The van der Waals surface area contributed by atoms with Gasteiger partial charge in [-0.2, -0.15) is 11.8 Å². The number of aromatic nitrogens is 1. The van der Waals surface area contributed by atoms with E-state index in [1.54, 1.807) is 23.7 Å². The molecule has 2 bridgehead atoms. The Hall–Kier alpha value is -2.93. The molecule has 6 nitrogen and oxygen atoms in total. The lowest BCUT2D eigenvalue weighted by atomic mass is 9.70. The van der Waals surface area contributed by atoms with Gasteiger partial charge in [0.05, 0.1) is 5.41 Å². The van der Waals surface area contributed by atoms with Crippen molar-refractivity contribution in [1.82, 2.24) is 14.8 Å². The Balaban J connectivity index is 1.55. The number of aromatic amines is 1. The molecule has 2 N–H and O–H groups in total. The lowest BCUT2D eigenvalue weighted by Gasteiger charge is -2.46. The Kier molecular flexibility index (Phi) is 3.23. The highest BCUT2D eigenvalue weighted by molar-refractivity contribution is 7.99. The molecule has 5 aliphatic heterocycles. The van der Waals surface area contributed by atoms with Crippen LogP contribution in [0.5, 0.6) is 0 Å². The molecule has 2 amide bonds. The van der Waals surface area contributed by atoms with Gasteiger partial charge in [-0.3, -0.25) is 9.59 Å². The third-order valence-electron chi connectivity index (χ3n) is 7.85. The van der Waals surface area contributed by atoms with Gasteiger partial charge in [-0.05, 0) is 29.7 Å². The average Bonchev–Trinajstić information content (AvgIpc) is 3.37. The minimum absolute atomic E-state index is 0.0686. The summed E-state index contributed by atoms with van der Waals surface area (Å²) in [5.74, 6) is 1.45. The SMILES string of the molecule is CN1C(=O)[C@@]23CSC[C@@H]1C(=O)N2[C@@H]1Nc2ccccc2[C@]1(c1c[nH]c2ccccc12)C3. The number of fused-ring (bicyclic) bond motifs is 7. The summed E-state index contributed by atoms with van der Waals surface area (Å²) in [6.07, 6.45) is 2.39. The lowest BCUT2D eigenvalue weighted by Crippen LogP contribution is -2.70. The summed E-state index contributed by atoms with van der Waals surface area (Å²) >= 11 is 1.73. The molecule has 2 aromatic carbocycles. The number of piperazine rings is 1. The van der Waals surface area contributed by atoms with E-state index >= 15 is 0 Å². The van der Waals surface area contributed by atoms with Crippen LogP contribution in [0, 0.1) is 0 Å². The second-order valence-electron chi connectivity index (χ2n) is 9.18. The van der Waals surface area contributed by atoms with Crippen LogP contribution in [0.2, 0.25) is 0 Å². The Morgan fingerprint density at radius 2 is 1.87 bits per heavy atom. The number of amides is 2. The minimum Gasteiger partial charge on any atom is -0.364 e. The van der Waals surface area contributed by atoms with Gasteiger partial charge in [0.15, 0.2) is 0 Å². The molecule has 4 saturated heterocycles. The van der Waals surface area contributed by atoms with Gasteiger partial charge in [0, 0.05) is 41.3 Å². The van der Waals surface area contributed by atoms with Crippen molar-refractivity contribution in [2.45, 2.75) is 29.6 Å². The molecule has 4 atom stereocenters. The molecule has 31 heavy (non-hydrogen) atoms. The summed E-state index contributed by atoms with van der Waals surface area (Å²) < 4.78 is 0. The molecule has 8 rings (SSSR count). The molecule has 6 heterocycles. The predicted octanol–water partition coefficient (Wildman–Crippen LogP) is 2.76. The minimum atomic E-state index is -0.826. The van der Waals surface area contributed by atoms with Gasteiger partial charge in [0.1, 0.15) is 17.7 Å². The van der Waals surface area contributed by atoms with E-state index in [0.29, 0.717) is 17.9 Å². The third kappa shape index (κ3) is 1.88. The van der Waals surface area contributed by atoms with Crippen molar-refractivity contribution in [3.63, 3.8) is 0 Å². The second-order valence-corrected chi connectivity index (χ2v) is 10.2. The van der Waals surface area contributed by atoms with Gasteiger partial charge < -0.3 is 20.1 Å². The topological polar surface area (TPSA) is 68.4 Å². The first-order chi connectivity index (χ1) is 15.1. The fourth-order valence-electron chi connectivity index (χ4n) is 6.53. The maximum absolute atomic E-state index is 13.8. The Morgan fingerprint density at radius 1 is 1.06 bits per heavy atom. The van der Waals surface area contributed by atoms with Crippen LogP contribution in [0.15, 0.2) is 54.7 Å². The van der Waals surface area contributed by atoms with Gasteiger partial charge in [-0.1, -0.05) is 36.4 Å². The van der Waals surface area contributed by atoms with Gasteiger partial charge in [-0.15, -0.1) is 0 Å². The zero-order valence-electron chi connectivity index (χ0n) is 17.1. The number of benzene rings is 2. The largest absolute Gasteiger partial charge is 0.364 e. The van der Waals surface area contributed by atoms with Crippen molar-refractivity contribution in [2.24, 2.45) is 0 Å². The van der Waals surface area contributed by atoms with E-state index in [0.717, 1.165) is 22.2 Å². The maximum atomic E-state index is 13.8. The second kappa shape index (κ2) is 5.65. The molecule has 0 aliphatic carbocycles. The number of rotatable bonds is 1. The molecular weight excluding hydrogens is 408 g/mol. The van der Waals surface area contributed by atoms with E-state index in [-0.39, 0.29) is 18.0 Å². The fraction of sp³-hybridized carbons (Fsp3) is 0.333. The quantitative estimate of drug-likeness (QED) is 0.623. The number of carbonyl (C=O) groups excluding carboxylic acids is 2. The highest BCUT2D eigenvalue weighted by atomic mass is 32.2. The average molecular weight is 431 g/mol. The summed E-state index contributed by atoms with van der Waals surface area (Å²) in [6.45, 7) is 0. The normalized spacial score (nSPS) is 33.3. The van der Waals surface area contributed by atoms with Gasteiger partial charge >= 0.3 is 0 Å². The molecule has 3 aromatic rings. The van der Waals surface area contributed by atoms with Crippen LogP contribution in [0.1, 0.15) is 17.5 Å². The van der Waals surface area contributed by atoms with E-state index in [9.17, 15) is 9.59 Å². The molecule has 1 spiro atoms. The van der Waals surface area contributed by atoms with E-state index < -0.39 is 17.0 Å². The van der Waals surface area contributed by atoms with Crippen LogP contribution in [-0.4, -0.2) is 62.9 Å². The number of carbonyl (C=O) groups is 2. The number of para-hydroxylation sites is 2. The summed E-state index contributed by atoms with van der Waals surface area (Å²) in [4.78, 5) is 34.6. The number of thioether (sulfide) groups is 1. The van der Waals surface area contributed by atoms with Crippen LogP contribution in [0.25, 0.3) is 10.9 Å². The number of hydrogen-bond acceptors (Lipinski definition) is 4. The molecule has 1 aromatic heterocycles. The molecular formula is C24H22N4O2S. The first-order valence-electron chi connectivity index (χ1n) is 10.7. The standard InChI is InChI=1S/C24H22N4O2S/c1-27-19-11-31-13-23(22(27)30)12-24(16-10-25-17-8-4-2-6-14(16)17)15-7-3-5-9-18(15)26-21(24)28(23)20(19)29/h2-10,19,21,25-26H,11-13H2,1H3/t19-,21+,23-,24+/m1/s1. The highest BCUT2D eigenvalue weighted by Gasteiger charge is 2.72. The summed E-state index contributed by atoms with van der Waals surface area (Å²) in [7, 11) is 1.80. The Morgan fingerprint density at radius 3 is 2.77 bits per heavy atom. The van der Waals surface area contributed by atoms with Gasteiger partial charge in [0.25, 0.3) is 0 Å². The van der Waals surface area contributed by atoms with Crippen LogP contribution < -0.4 is 5.32 Å². The van der Waals surface area contributed by atoms with Crippen LogP contribution in [0.3, 0.4) is 0 Å². The van der Waals surface area contributed by atoms with E-state index in [4.69, 9.17) is 0 Å². The Labute approximate surface area is 184 Å². The molecule has 0 saturated carbocycles. The van der Waals surface area contributed by atoms with E-state index in [2.05, 4.69) is 52.9 Å². The monoisotopic (exact) mass is 430 g/mol.